The van der Waals surface area contributed by atoms with Gasteiger partial charge in [0.25, 0.3) is 0 Å². The Morgan fingerprint density at radius 2 is 2.07 bits per heavy atom. The van der Waals surface area contributed by atoms with Gasteiger partial charge in [-0.3, -0.25) is 0 Å². The van der Waals surface area contributed by atoms with Crippen molar-refractivity contribution in [3.8, 4) is 0 Å². The maximum Gasteiger partial charge on any atom is 0.344 e. The molecule has 0 aromatic heterocycles. The van der Waals surface area contributed by atoms with Crippen LogP contribution in [0.5, 0.6) is 0 Å². The fourth-order valence-corrected chi connectivity index (χ4v) is 1.09. The highest BCUT2D eigenvalue weighted by Crippen LogP contribution is 2.01. The van der Waals surface area contributed by atoms with Crippen LogP contribution in [0.2, 0.25) is 0 Å². The number of nitrogens with zero attached hydrogens (tertiary/aromatic N) is 1. The zero-order valence-electron chi connectivity index (χ0n) is 8.86. The monoisotopic (exact) mass is 206 g/mol. The van der Waals surface area contributed by atoms with Gasteiger partial charge >= 0.3 is 6.03 Å². The summed E-state index contributed by atoms with van der Waals surface area (Å²) >= 11 is 0. The van der Waals surface area contributed by atoms with Crippen LogP contribution in [0.4, 0.5) is 4.79 Å². The number of nitrogens with one attached hydrogen (secondary N) is 1. The molecule has 4 nitrogen and oxygen atoms in total. The molecule has 0 bridgehead atoms. The van der Waals surface area contributed by atoms with Crippen LogP contribution >= 0.6 is 0 Å². The van der Waals surface area contributed by atoms with Gasteiger partial charge in [-0.2, -0.15) is 4.99 Å². The molecule has 0 radical (unpaired) electrons. The number of hydrogen-bond acceptors (Lipinski definition) is 2. The van der Waals surface area contributed by atoms with Gasteiger partial charge in [-0.15, -0.1) is 0 Å². The number of urea groups is 1. The summed E-state index contributed by atoms with van der Waals surface area (Å²) in [4.78, 5) is 15.0. The van der Waals surface area contributed by atoms with Gasteiger partial charge in [-0.25, -0.2) is 4.79 Å². The van der Waals surface area contributed by atoms with Gasteiger partial charge in [0.05, 0.1) is 7.11 Å². The van der Waals surface area contributed by atoms with Crippen LogP contribution < -0.4 is 5.32 Å². The highest BCUT2D eigenvalue weighted by molar-refractivity contribution is 6.00. The molecule has 0 aliphatic rings. The molecule has 0 fully saturated rings. The lowest BCUT2D eigenvalue weighted by atomic mass is 10.2. The van der Waals surface area contributed by atoms with E-state index in [1.54, 1.807) is 0 Å². The number of amides is 2. The highest BCUT2D eigenvalue weighted by atomic mass is 16.5. The third-order valence-electron chi connectivity index (χ3n) is 1.75. The number of ether oxygens (including phenoxy) is 1. The molecule has 0 saturated carbocycles. The number of benzene rings is 1. The average molecular weight is 206 g/mol. The van der Waals surface area contributed by atoms with Crippen LogP contribution in [0.15, 0.2) is 35.3 Å². The van der Waals surface area contributed by atoms with E-state index in [-0.39, 0.29) is 0 Å². The Hall–Kier alpha value is -1.84. The van der Waals surface area contributed by atoms with Crippen LogP contribution in [-0.4, -0.2) is 25.6 Å². The topological polar surface area (TPSA) is 50.7 Å². The third kappa shape index (κ3) is 3.42. The number of carbonyl (C=O) groups excluding carboxylic acids is 1. The molecular weight excluding hydrogens is 192 g/mol. The van der Waals surface area contributed by atoms with E-state index in [4.69, 9.17) is 4.74 Å². The van der Waals surface area contributed by atoms with Crippen molar-refractivity contribution in [2.75, 3.05) is 13.7 Å². The molecule has 1 aromatic carbocycles. The van der Waals surface area contributed by atoms with Crippen molar-refractivity contribution >= 4 is 11.9 Å². The van der Waals surface area contributed by atoms with Gasteiger partial charge in [-0.05, 0) is 19.1 Å². The van der Waals surface area contributed by atoms with E-state index in [2.05, 4.69) is 10.3 Å². The van der Waals surface area contributed by atoms with Gasteiger partial charge in [0, 0.05) is 12.1 Å². The minimum absolute atomic E-state index is 0.321. The van der Waals surface area contributed by atoms with E-state index in [1.165, 1.54) is 7.11 Å². The summed E-state index contributed by atoms with van der Waals surface area (Å²) in [6.45, 7) is 2.39. The number of carbonyl (C=O) groups is 1. The summed E-state index contributed by atoms with van der Waals surface area (Å²) in [5.41, 5.74) is 0.784. The van der Waals surface area contributed by atoms with Crippen LogP contribution in [0.3, 0.4) is 0 Å². The summed E-state index contributed by atoms with van der Waals surface area (Å²) < 4.78 is 5.04. The second-order valence-electron chi connectivity index (χ2n) is 2.82. The fourth-order valence-electron chi connectivity index (χ4n) is 1.09. The van der Waals surface area contributed by atoms with Gasteiger partial charge < -0.3 is 10.1 Å². The molecule has 0 unspecified atom stereocenters. The van der Waals surface area contributed by atoms with Gasteiger partial charge in [-0.1, -0.05) is 18.2 Å². The molecule has 1 N–H and O–H groups in total. The van der Waals surface area contributed by atoms with Crippen molar-refractivity contribution in [2.45, 2.75) is 6.92 Å². The summed E-state index contributed by atoms with van der Waals surface area (Å²) in [6, 6.07) is 8.90. The zero-order valence-corrected chi connectivity index (χ0v) is 8.86. The second-order valence-corrected chi connectivity index (χ2v) is 2.82. The normalized spacial score (nSPS) is 10.9. The molecule has 1 aromatic rings. The number of aliphatic imine (C=N–C) groups is 1. The van der Waals surface area contributed by atoms with E-state index < -0.39 is 6.03 Å². The first kappa shape index (κ1) is 11.2. The van der Waals surface area contributed by atoms with E-state index in [0.717, 1.165) is 5.56 Å². The summed E-state index contributed by atoms with van der Waals surface area (Å²) in [5.74, 6) is 0.321. The number of rotatable bonds is 2. The van der Waals surface area contributed by atoms with Crippen molar-refractivity contribution in [3.05, 3.63) is 35.9 Å². The molecular formula is C11H14N2O2. The molecule has 0 atom stereocenters. The van der Waals surface area contributed by atoms with Crippen molar-refractivity contribution in [1.82, 2.24) is 5.32 Å². The van der Waals surface area contributed by atoms with Crippen LogP contribution in [0, 0.1) is 0 Å². The SMILES string of the molecule is CCNC(=O)N=C(OC)c1ccccc1. The van der Waals surface area contributed by atoms with E-state index >= 15 is 0 Å². The molecule has 0 heterocycles. The molecule has 2 amide bonds. The smallest absolute Gasteiger partial charge is 0.344 e. The highest BCUT2D eigenvalue weighted by Gasteiger charge is 2.04. The zero-order chi connectivity index (χ0) is 11.1. The first-order valence-corrected chi connectivity index (χ1v) is 4.74. The Morgan fingerprint density at radius 1 is 1.40 bits per heavy atom. The lowest BCUT2D eigenvalue weighted by molar-refractivity contribution is 0.249. The first-order chi connectivity index (χ1) is 7.27. The molecule has 0 aliphatic heterocycles. The summed E-state index contributed by atoms with van der Waals surface area (Å²) in [5, 5.41) is 2.57. The maximum absolute atomic E-state index is 11.2. The standard InChI is InChI=1S/C11H14N2O2/c1-3-12-11(14)13-10(15-2)9-7-5-4-6-8-9/h4-8H,3H2,1-2H3,(H,12,14). The predicted octanol–water partition coefficient (Wildman–Crippen LogP) is 1.81. The fraction of sp³-hybridized carbons (Fsp3) is 0.273. The second kappa shape index (κ2) is 5.80. The quantitative estimate of drug-likeness (QED) is 0.592. The van der Waals surface area contributed by atoms with Gasteiger partial charge in [0.2, 0.25) is 5.90 Å². The van der Waals surface area contributed by atoms with Crippen molar-refractivity contribution in [2.24, 2.45) is 4.99 Å². The van der Waals surface area contributed by atoms with Crippen LogP contribution in [-0.2, 0) is 4.74 Å². The summed E-state index contributed by atoms with van der Waals surface area (Å²) in [7, 11) is 1.49. The average Bonchev–Trinajstić information content (AvgIpc) is 2.27. The minimum atomic E-state index is -0.391. The van der Waals surface area contributed by atoms with E-state index in [9.17, 15) is 4.79 Å². The first-order valence-electron chi connectivity index (χ1n) is 4.74. The Bertz CT molecular complexity index is 347. The lowest BCUT2D eigenvalue weighted by Gasteiger charge is -2.04. The molecule has 0 saturated heterocycles. The molecule has 80 valence electrons. The number of methoxy groups -OCH3 is 1. The van der Waals surface area contributed by atoms with Crippen LogP contribution in [0.1, 0.15) is 12.5 Å². The van der Waals surface area contributed by atoms with Crippen molar-refractivity contribution in [3.63, 3.8) is 0 Å². The Balaban J connectivity index is 2.84. The molecule has 0 spiro atoms. The van der Waals surface area contributed by atoms with Crippen molar-refractivity contribution in [1.29, 1.82) is 0 Å². The Kier molecular flexibility index (Phi) is 4.34. The summed E-state index contributed by atoms with van der Waals surface area (Å²) in [6.07, 6.45) is 0. The molecule has 4 heteroatoms. The largest absolute Gasteiger partial charge is 0.480 e. The van der Waals surface area contributed by atoms with Gasteiger partial charge in [0.1, 0.15) is 0 Å². The Morgan fingerprint density at radius 3 is 2.60 bits per heavy atom. The Labute approximate surface area is 89.0 Å². The number of hydrogen-bond donors (Lipinski definition) is 1. The molecule has 0 aliphatic carbocycles. The van der Waals surface area contributed by atoms with E-state index in [0.29, 0.717) is 12.4 Å². The van der Waals surface area contributed by atoms with Gasteiger partial charge in [0.15, 0.2) is 0 Å². The molecule has 1 rings (SSSR count). The van der Waals surface area contributed by atoms with E-state index in [1.807, 2.05) is 37.3 Å². The van der Waals surface area contributed by atoms with Crippen LogP contribution in [0.25, 0.3) is 0 Å². The third-order valence-corrected chi connectivity index (χ3v) is 1.75. The minimum Gasteiger partial charge on any atom is -0.480 e. The maximum atomic E-state index is 11.2. The molecule has 15 heavy (non-hydrogen) atoms. The predicted molar refractivity (Wildman–Crippen MR) is 59.1 cm³/mol. The lowest BCUT2D eigenvalue weighted by Crippen LogP contribution is -2.21. The van der Waals surface area contributed by atoms with Crippen molar-refractivity contribution < 1.29 is 9.53 Å².